The van der Waals surface area contributed by atoms with Crippen molar-refractivity contribution in [2.75, 3.05) is 31.8 Å². The molecule has 15 heteroatoms. The summed E-state index contributed by atoms with van der Waals surface area (Å²) in [6.45, 7) is 0. The molecule has 0 bridgehead atoms. The number of ether oxygens (including phenoxy) is 2. The quantitative estimate of drug-likeness (QED) is 0.148. The van der Waals surface area contributed by atoms with Crippen LogP contribution in [-0.4, -0.2) is 58.8 Å². The van der Waals surface area contributed by atoms with Crippen molar-refractivity contribution in [2.45, 2.75) is 0 Å². The van der Waals surface area contributed by atoms with Gasteiger partial charge in [0.05, 0.1) is 35.7 Å². The number of carbonyl (C=O) groups excluding carboxylic acids is 3. The van der Waals surface area contributed by atoms with E-state index in [1.165, 1.54) is 69.7 Å². The van der Waals surface area contributed by atoms with Crippen LogP contribution in [0.1, 0.15) is 20.7 Å². The summed E-state index contributed by atoms with van der Waals surface area (Å²) in [4.78, 5) is 41.0. The molecule has 4 aromatic carbocycles. The molecular formula is C34H27FN4O9S. The van der Waals surface area contributed by atoms with Gasteiger partial charge in [-0.05, 0) is 66.2 Å². The molecule has 0 saturated carbocycles. The molecule has 0 radical (unpaired) electrons. The SMILES string of the molecule is CNC(=O)c1c(-c2ccc(F)cc2)oc2cc(N(C)S(C)(=O)=O)c(-c3ccc(OC)c(-c4nc5cc(C(=O)OC(N)=O)ccc5o4)c3)cc12. The number of nitrogens with one attached hydrogen (secondary N) is 1. The minimum Gasteiger partial charge on any atom is -0.496 e. The lowest BCUT2D eigenvalue weighted by Gasteiger charge is -2.21. The van der Waals surface area contributed by atoms with Gasteiger partial charge in [-0.3, -0.25) is 9.10 Å². The highest BCUT2D eigenvalue weighted by Crippen LogP contribution is 2.43. The molecule has 0 aliphatic rings. The maximum Gasteiger partial charge on any atom is 0.412 e. The molecule has 0 atom stereocenters. The molecule has 0 unspecified atom stereocenters. The minimum atomic E-state index is -3.80. The van der Waals surface area contributed by atoms with Crippen LogP contribution < -0.4 is 20.1 Å². The summed E-state index contributed by atoms with van der Waals surface area (Å²) in [6.07, 6.45) is -0.204. The summed E-state index contributed by atoms with van der Waals surface area (Å²) >= 11 is 0. The van der Waals surface area contributed by atoms with Crippen LogP contribution in [0.25, 0.3) is 56.0 Å². The minimum absolute atomic E-state index is 0.0145. The fourth-order valence-electron chi connectivity index (χ4n) is 5.32. The third-order valence-corrected chi connectivity index (χ3v) is 8.95. The zero-order valence-electron chi connectivity index (χ0n) is 26.4. The summed E-state index contributed by atoms with van der Waals surface area (Å²) in [6, 6.07) is 17.8. The molecule has 6 rings (SSSR count). The Labute approximate surface area is 278 Å². The Morgan fingerprint density at radius 2 is 1.63 bits per heavy atom. The Kier molecular flexibility index (Phi) is 8.29. The van der Waals surface area contributed by atoms with Gasteiger partial charge in [0.1, 0.15) is 28.4 Å². The normalized spacial score (nSPS) is 11.4. The van der Waals surface area contributed by atoms with Gasteiger partial charge in [0.25, 0.3) is 5.91 Å². The first-order valence-corrected chi connectivity index (χ1v) is 16.3. The molecule has 0 aliphatic heterocycles. The third-order valence-electron chi connectivity index (χ3n) is 7.76. The van der Waals surface area contributed by atoms with Crippen molar-refractivity contribution in [2.24, 2.45) is 5.73 Å². The number of furan rings is 1. The van der Waals surface area contributed by atoms with Gasteiger partial charge in [-0.25, -0.2) is 27.4 Å². The number of hydrogen-bond acceptors (Lipinski definition) is 10. The van der Waals surface area contributed by atoms with Crippen molar-refractivity contribution in [3.63, 3.8) is 0 Å². The van der Waals surface area contributed by atoms with Crippen molar-refractivity contribution in [3.8, 4) is 39.7 Å². The number of hydrogen-bond donors (Lipinski definition) is 2. The average Bonchev–Trinajstić information content (AvgIpc) is 3.67. The number of benzene rings is 4. The van der Waals surface area contributed by atoms with Gasteiger partial charge in [-0.2, -0.15) is 0 Å². The molecule has 0 saturated heterocycles. The fourth-order valence-corrected chi connectivity index (χ4v) is 5.83. The van der Waals surface area contributed by atoms with E-state index in [1.54, 1.807) is 24.3 Å². The number of primary amides is 1. The molecular weight excluding hydrogens is 659 g/mol. The topological polar surface area (TPSA) is 184 Å². The van der Waals surface area contributed by atoms with Crippen molar-refractivity contribution in [3.05, 3.63) is 89.7 Å². The lowest BCUT2D eigenvalue weighted by molar-refractivity contribution is 0.0638. The highest BCUT2D eigenvalue weighted by Gasteiger charge is 2.27. The van der Waals surface area contributed by atoms with Crippen LogP contribution in [0.2, 0.25) is 0 Å². The number of nitrogens with two attached hydrogens (primary N) is 1. The Morgan fingerprint density at radius 1 is 0.918 bits per heavy atom. The summed E-state index contributed by atoms with van der Waals surface area (Å²) in [7, 11) is 0.496. The third kappa shape index (κ3) is 6.14. The first-order chi connectivity index (χ1) is 23.3. The van der Waals surface area contributed by atoms with Crippen molar-refractivity contribution in [1.82, 2.24) is 10.3 Å². The first kappa shape index (κ1) is 32.7. The molecule has 3 N–H and O–H groups in total. The van der Waals surface area contributed by atoms with E-state index in [1.807, 2.05) is 0 Å². The predicted molar refractivity (Wildman–Crippen MR) is 178 cm³/mol. The monoisotopic (exact) mass is 686 g/mol. The van der Waals surface area contributed by atoms with Crippen LogP contribution in [0, 0.1) is 5.82 Å². The van der Waals surface area contributed by atoms with Gasteiger partial charge in [0.2, 0.25) is 15.9 Å². The number of fused-ring (bicyclic) bond motifs is 2. The highest BCUT2D eigenvalue weighted by atomic mass is 32.2. The Bertz CT molecular complexity index is 2420. The molecule has 0 aliphatic carbocycles. The maximum atomic E-state index is 13.8. The zero-order chi connectivity index (χ0) is 35.2. The molecule has 6 aromatic rings. The van der Waals surface area contributed by atoms with E-state index in [4.69, 9.17) is 19.3 Å². The summed E-state index contributed by atoms with van der Waals surface area (Å²) in [5, 5.41) is 2.98. The smallest absolute Gasteiger partial charge is 0.412 e. The van der Waals surface area contributed by atoms with Crippen LogP contribution in [0.5, 0.6) is 5.75 Å². The summed E-state index contributed by atoms with van der Waals surface area (Å²) in [5.74, 6) is -1.29. The summed E-state index contributed by atoms with van der Waals surface area (Å²) in [5.41, 5.74) is 7.84. The number of amides is 2. The lowest BCUT2D eigenvalue weighted by Crippen LogP contribution is -2.25. The number of oxazole rings is 1. The van der Waals surface area contributed by atoms with Crippen molar-refractivity contribution in [1.29, 1.82) is 0 Å². The van der Waals surface area contributed by atoms with E-state index in [2.05, 4.69) is 15.0 Å². The fraction of sp³-hybridized carbons (Fsp3) is 0.118. The average molecular weight is 687 g/mol. The van der Waals surface area contributed by atoms with E-state index < -0.39 is 33.8 Å². The molecule has 49 heavy (non-hydrogen) atoms. The molecule has 2 heterocycles. The van der Waals surface area contributed by atoms with Gasteiger partial charge in [0.15, 0.2) is 5.58 Å². The van der Waals surface area contributed by atoms with E-state index in [0.717, 1.165) is 10.6 Å². The maximum absolute atomic E-state index is 13.8. The van der Waals surface area contributed by atoms with Crippen LogP contribution in [-0.2, 0) is 14.8 Å². The van der Waals surface area contributed by atoms with Gasteiger partial charge < -0.3 is 29.4 Å². The lowest BCUT2D eigenvalue weighted by atomic mass is 9.97. The van der Waals surface area contributed by atoms with Crippen LogP contribution in [0.4, 0.5) is 14.9 Å². The van der Waals surface area contributed by atoms with Crippen molar-refractivity contribution >= 4 is 55.7 Å². The highest BCUT2D eigenvalue weighted by molar-refractivity contribution is 7.92. The van der Waals surface area contributed by atoms with E-state index in [0.29, 0.717) is 39.0 Å². The van der Waals surface area contributed by atoms with Gasteiger partial charge in [-0.1, -0.05) is 6.07 Å². The van der Waals surface area contributed by atoms with Crippen LogP contribution in [0.3, 0.4) is 0 Å². The van der Waals surface area contributed by atoms with Gasteiger partial charge >= 0.3 is 12.1 Å². The number of aromatic nitrogens is 1. The Morgan fingerprint density at radius 3 is 2.29 bits per heavy atom. The molecule has 0 spiro atoms. The molecule has 250 valence electrons. The summed E-state index contributed by atoms with van der Waals surface area (Å²) < 4.78 is 62.7. The second-order valence-electron chi connectivity index (χ2n) is 10.8. The van der Waals surface area contributed by atoms with Gasteiger partial charge in [0, 0.05) is 36.7 Å². The number of rotatable bonds is 8. The van der Waals surface area contributed by atoms with E-state index in [-0.39, 0.29) is 39.6 Å². The second kappa shape index (κ2) is 12.4. The number of nitrogens with zero attached hydrogens (tertiary/aromatic N) is 2. The molecule has 0 fully saturated rings. The standard InChI is InChI=1S/C34H27FN4O9S/c1-37-31(40)29-22-15-21(25(39(2)49(4,43)44)16-28(22)46-30(29)17-5-9-20(35)10-6-17)18-7-11-26(45-3)23(13-18)32-38-24-14-19(8-12-27(24)47-32)33(41)48-34(36)42/h5-16H,1-4H3,(H2,36,42)(H,37,40). The number of carbonyl (C=O) groups is 3. The number of sulfonamides is 1. The van der Waals surface area contributed by atoms with E-state index >= 15 is 0 Å². The van der Waals surface area contributed by atoms with Crippen LogP contribution >= 0.6 is 0 Å². The predicted octanol–water partition coefficient (Wildman–Crippen LogP) is 5.71. The number of methoxy groups -OCH3 is 1. The molecule has 2 aromatic heterocycles. The number of anilines is 1. The van der Waals surface area contributed by atoms with Crippen LogP contribution in [0.15, 0.2) is 81.6 Å². The second-order valence-corrected chi connectivity index (χ2v) is 12.8. The van der Waals surface area contributed by atoms with Crippen molar-refractivity contribution < 1.29 is 45.5 Å². The number of halogens is 1. The largest absolute Gasteiger partial charge is 0.496 e. The first-order valence-electron chi connectivity index (χ1n) is 14.4. The Balaban J connectivity index is 1.57. The molecule has 2 amide bonds. The number of esters is 1. The van der Waals surface area contributed by atoms with Gasteiger partial charge in [-0.15, -0.1) is 0 Å². The zero-order valence-corrected chi connectivity index (χ0v) is 27.2. The Hall–Kier alpha value is -6.22. The molecule has 13 nitrogen and oxygen atoms in total. The van der Waals surface area contributed by atoms with E-state index in [9.17, 15) is 27.2 Å².